The molecule has 9 heteroatoms. The first-order valence-corrected chi connectivity index (χ1v) is 9.38. The largest absolute Gasteiger partial charge is 0.393 e. The summed E-state index contributed by atoms with van der Waals surface area (Å²) in [5.41, 5.74) is 1.80. The maximum atomic E-state index is 13.9. The summed E-state index contributed by atoms with van der Waals surface area (Å²) in [5, 5.41) is 25.8. The van der Waals surface area contributed by atoms with Crippen LogP contribution in [0.5, 0.6) is 0 Å². The molecule has 29 heavy (non-hydrogen) atoms. The molecule has 1 unspecified atom stereocenters. The number of piperidine rings is 1. The zero-order valence-corrected chi connectivity index (χ0v) is 16.0. The van der Waals surface area contributed by atoms with Gasteiger partial charge in [-0.15, -0.1) is 0 Å². The summed E-state index contributed by atoms with van der Waals surface area (Å²) in [4.78, 5) is 24.6. The fourth-order valence-electron chi connectivity index (χ4n) is 3.37. The van der Waals surface area contributed by atoms with Gasteiger partial charge in [0.25, 0.3) is 5.69 Å². The van der Waals surface area contributed by atoms with Crippen LogP contribution in [0.25, 0.3) is 0 Å². The number of hydrogen-bond acceptors (Lipinski definition) is 5. The molecule has 8 nitrogen and oxygen atoms in total. The van der Waals surface area contributed by atoms with E-state index in [4.69, 9.17) is 0 Å². The summed E-state index contributed by atoms with van der Waals surface area (Å²) in [7, 11) is 0. The Labute approximate surface area is 167 Å². The van der Waals surface area contributed by atoms with Gasteiger partial charge in [-0.3, -0.25) is 10.1 Å². The Morgan fingerprint density at radius 1 is 1.24 bits per heavy atom. The minimum absolute atomic E-state index is 0.0691. The predicted molar refractivity (Wildman–Crippen MR) is 108 cm³/mol. The third-order valence-electron chi connectivity index (χ3n) is 4.94. The Morgan fingerprint density at radius 2 is 1.90 bits per heavy atom. The van der Waals surface area contributed by atoms with Crippen LogP contribution < -0.4 is 15.5 Å². The van der Waals surface area contributed by atoms with Gasteiger partial charge in [-0.2, -0.15) is 0 Å². The normalized spacial score (nSPS) is 15.6. The van der Waals surface area contributed by atoms with Gasteiger partial charge in [0.05, 0.1) is 17.1 Å². The maximum absolute atomic E-state index is 13.9. The van der Waals surface area contributed by atoms with Gasteiger partial charge in [0.2, 0.25) is 0 Å². The second-order valence-corrected chi connectivity index (χ2v) is 7.05. The molecule has 1 saturated heterocycles. The summed E-state index contributed by atoms with van der Waals surface area (Å²) >= 11 is 0. The number of nitro groups is 1. The zero-order valence-electron chi connectivity index (χ0n) is 16.0. The van der Waals surface area contributed by atoms with Crippen molar-refractivity contribution in [3.8, 4) is 0 Å². The molecule has 2 aromatic carbocycles. The first kappa shape index (κ1) is 20.5. The number of amides is 2. The van der Waals surface area contributed by atoms with E-state index < -0.39 is 22.8 Å². The second kappa shape index (κ2) is 8.87. The van der Waals surface area contributed by atoms with E-state index in [0.29, 0.717) is 37.2 Å². The van der Waals surface area contributed by atoms with Crippen LogP contribution in [0.2, 0.25) is 0 Å². The lowest BCUT2D eigenvalue weighted by Crippen LogP contribution is -2.37. The summed E-state index contributed by atoms with van der Waals surface area (Å²) in [6, 6.07) is 8.97. The van der Waals surface area contributed by atoms with Gasteiger partial charge in [-0.25, -0.2) is 9.18 Å². The molecule has 3 N–H and O–H groups in total. The highest BCUT2D eigenvalue weighted by Gasteiger charge is 2.22. The number of urea groups is 1. The van der Waals surface area contributed by atoms with E-state index in [1.165, 1.54) is 36.4 Å². The molecule has 2 aromatic rings. The van der Waals surface area contributed by atoms with Gasteiger partial charge >= 0.3 is 6.03 Å². The summed E-state index contributed by atoms with van der Waals surface area (Å²) in [6.07, 6.45) is 0.955. The van der Waals surface area contributed by atoms with Crippen LogP contribution in [-0.4, -0.2) is 35.3 Å². The Bertz CT molecular complexity index is 883. The molecule has 0 saturated carbocycles. The fraction of sp³-hybridized carbons (Fsp3) is 0.350. The van der Waals surface area contributed by atoms with Crippen molar-refractivity contribution in [3.05, 3.63) is 64.0 Å². The zero-order chi connectivity index (χ0) is 21.0. The Morgan fingerprint density at radius 3 is 2.52 bits per heavy atom. The van der Waals surface area contributed by atoms with Crippen molar-refractivity contribution in [1.82, 2.24) is 5.32 Å². The molecule has 3 rings (SSSR count). The molecule has 1 fully saturated rings. The van der Waals surface area contributed by atoms with E-state index in [2.05, 4.69) is 15.5 Å². The molecular weight excluding hydrogens is 379 g/mol. The van der Waals surface area contributed by atoms with Gasteiger partial charge < -0.3 is 20.6 Å². The van der Waals surface area contributed by atoms with E-state index >= 15 is 0 Å². The highest BCUT2D eigenvalue weighted by Crippen LogP contribution is 2.30. The number of hydrogen-bond donors (Lipinski definition) is 3. The number of carbonyl (C=O) groups excluding carboxylic acids is 1. The van der Waals surface area contributed by atoms with Crippen LogP contribution in [0, 0.1) is 15.9 Å². The Kier molecular flexibility index (Phi) is 6.28. The third-order valence-corrected chi connectivity index (χ3v) is 4.94. The number of non-ortho nitro benzene ring substituents is 1. The third kappa shape index (κ3) is 5.20. The van der Waals surface area contributed by atoms with Gasteiger partial charge in [0, 0.05) is 42.2 Å². The maximum Gasteiger partial charge on any atom is 0.319 e. The monoisotopic (exact) mass is 402 g/mol. The first-order valence-electron chi connectivity index (χ1n) is 9.38. The number of benzene rings is 2. The van der Waals surface area contributed by atoms with Crippen LogP contribution in [0.15, 0.2) is 42.5 Å². The second-order valence-electron chi connectivity index (χ2n) is 7.05. The lowest BCUT2D eigenvalue weighted by molar-refractivity contribution is -0.384. The minimum atomic E-state index is -0.517. The molecule has 1 aliphatic heterocycles. The van der Waals surface area contributed by atoms with Gasteiger partial charge in [-0.05, 0) is 50.1 Å². The SMILES string of the molecule is CC(NC(=O)Nc1ccc([N+](=O)[O-])cc1)c1cc(F)ccc1N1CCC(O)CC1. The number of aliphatic hydroxyl groups is 1. The Balaban J connectivity index is 1.69. The number of anilines is 2. The number of nitro benzene ring substituents is 1. The lowest BCUT2D eigenvalue weighted by atomic mass is 10.0. The van der Waals surface area contributed by atoms with E-state index in [-0.39, 0.29) is 11.8 Å². The number of rotatable bonds is 5. The molecule has 0 aromatic heterocycles. The summed E-state index contributed by atoms with van der Waals surface area (Å²) < 4.78 is 13.9. The van der Waals surface area contributed by atoms with Crippen LogP contribution >= 0.6 is 0 Å². The number of aliphatic hydroxyl groups excluding tert-OH is 1. The van der Waals surface area contributed by atoms with Crippen LogP contribution in [0.3, 0.4) is 0 Å². The lowest BCUT2D eigenvalue weighted by Gasteiger charge is -2.34. The molecule has 154 valence electrons. The fourth-order valence-corrected chi connectivity index (χ4v) is 3.37. The van der Waals surface area contributed by atoms with Crippen molar-refractivity contribution in [2.75, 3.05) is 23.3 Å². The van der Waals surface area contributed by atoms with Crippen molar-refractivity contribution in [2.24, 2.45) is 0 Å². The smallest absolute Gasteiger partial charge is 0.319 e. The molecule has 1 atom stereocenters. The minimum Gasteiger partial charge on any atom is -0.393 e. The van der Waals surface area contributed by atoms with E-state index in [1.807, 2.05) is 0 Å². The van der Waals surface area contributed by atoms with Gasteiger partial charge in [0.15, 0.2) is 0 Å². The number of carbonyl (C=O) groups is 1. The molecule has 0 bridgehead atoms. The summed E-state index contributed by atoms with van der Waals surface area (Å²) in [6.45, 7) is 3.06. The molecule has 1 aliphatic rings. The molecule has 0 radical (unpaired) electrons. The van der Waals surface area contributed by atoms with E-state index in [9.17, 15) is 24.4 Å². The molecule has 1 heterocycles. The molecule has 2 amide bonds. The van der Waals surface area contributed by atoms with Crippen molar-refractivity contribution in [3.63, 3.8) is 0 Å². The standard InChI is InChI=1S/C20H23FN4O4/c1-13(22-20(27)23-15-3-5-16(6-4-15)25(28)29)18-12-14(21)2-7-19(18)24-10-8-17(26)9-11-24/h2-7,12-13,17,26H,8-11H2,1H3,(H2,22,23,27). The van der Waals surface area contributed by atoms with Crippen LogP contribution in [-0.2, 0) is 0 Å². The van der Waals surface area contributed by atoms with E-state index in [0.717, 1.165) is 5.69 Å². The predicted octanol–water partition coefficient (Wildman–Crippen LogP) is 3.58. The highest BCUT2D eigenvalue weighted by molar-refractivity contribution is 5.89. The topological polar surface area (TPSA) is 108 Å². The first-order chi connectivity index (χ1) is 13.8. The molecule has 0 aliphatic carbocycles. The Hall–Kier alpha value is -3.20. The summed E-state index contributed by atoms with van der Waals surface area (Å²) in [5.74, 6) is -0.398. The van der Waals surface area contributed by atoms with Gasteiger partial charge in [-0.1, -0.05) is 0 Å². The van der Waals surface area contributed by atoms with Crippen molar-refractivity contribution < 1.29 is 19.2 Å². The number of halogens is 1. The van der Waals surface area contributed by atoms with Crippen LogP contribution in [0.1, 0.15) is 31.4 Å². The quantitative estimate of drug-likeness (QED) is 0.523. The number of nitrogens with zero attached hydrogens (tertiary/aromatic N) is 2. The molecular formula is C20H23FN4O4. The van der Waals surface area contributed by atoms with E-state index in [1.54, 1.807) is 13.0 Å². The number of nitrogens with one attached hydrogen (secondary N) is 2. The average molecular weight is 402 g/mol. The van der Waals surface area contributed by atoms with Gasteiger partial charge in [0.1, 0.15) is 5.82 Å². The average Bonchev–Trinajstić information content (AvgIpc) is 2.69. The van der Waals surface area contributed by atoms with Crippen molar-refractivity contribution in [2.45, 2.75) is 31.9 Å². The van der Waals surface area contributed by atoms with Crippen LogP contribution in [0.4, 0.5) is 26.2 Å². The highest BCUT2D eigenvalue weighted by atomic mass is 19.1. The van der Waals surface area contributed by atoms with Crippen molar-refractivity contribution >= 4 is 23.1 Å². The molecule has 0 spiro atoms. The van der Waals surface area contributed by atoms with Crippen molar-refractivity contribution in [1.29, 1.82) is 0 Å².